The van der Waals surface area contributed by atoms with Crippen molar-refractivity contribution in [1.29, 1.82) is 0 Å². The largest absolute Gasteiger partial charge is 0.480 e. The number of carboxylic acid groups (broad SMARTS) is 1. The van der Waals surface area contributed by atoms with Crippen LogP contribution in [0.3, 0.4) is 0 Å². The molecule has 1 atom stereocenters. The van der Waals surface area contributed by atoms with Crippen LogP contribution in [0.25, 0.3) is 10.8 Å². The Bertz CT molecular complexity index is 885. The third-order valence-electron chi connectivity index (χ3n) is 4.15. The summed E-state index contributed by atoms with van der Waals surface area (Å²) in [5.74, 6) is -1.32. The van der Waals surface area contributed by atoms with E-state index in [0.29, 0.717) is 0 Å². The molecular formula is C21H19NO3. The number of carbonyl (C=O) groups is 2. The van der Waals surface area contributed by atoms with E-state index in [0.717, 1.165) is 21.9 Å². The highest BCUT2D eigenvalue weighted by Crippen LogP contribution is 2.19. The molecule has 3 aromatic rings. The van der Waals surface area contributed by atoms with Crippen LogP contribution in [0.4, 0.5) is 0 Å². The van der Waals surface area contributed by atoms with E-state index in [-0.39, 0.29) is 18.7 Å². The third kappa shape index (κ3) is 4.23. The fourth-order valence-electron chi connectivity index (χ4n) is 2.91. The van der Waals surface area contributed by atoms with Crippen molar-refractivity contribution in [3.63, 3.8) is 0 Å². The van der Waals surface area contributed by atoms with Gasteiger partial charge < -0.3 is 10.4 Å². The molecule has 0 aliphatic rings. The van der Waals surface area contributed by atoms with Gasteiger partial charge in [0, 0.05) is 6.42 Å². The minimum atomic E-state index is -1.03. The molecule has 0 saturated carbocycles. The lowest BCUT2D eigenvalue weighted by Crippen LogP contribution is -2.43. The number of fused-ring (bicyclic) bond motifs is 1. The highest BCUT2D eigenvalue weighted by molar-refractivity contribution is 5.91. The van der Waals surface area contributed by atoms with Gasteiger partial charge in [0.25, 0.3) is 0 Å². The fraction of sp³-hybridized carbons (Fsp3) is 0.143. The minimum absolute atomic E-state index is 0.153. The maximum absolute atomic E-state index is 12.4. The molecule has 3 aromatic carbocycles. The number of carboxylic acids is 1. The van der Waals surface area contributed by atoms with E-state index in [2.05, 4.69) is 5.32 Å². The predicted molar refractivity (Wildman–Crippen MR) is 97.4 cm³/mol. The first kappa shape index (κ1) is 16.7. The average Bonchev–Trinajstić information content (AvgIpc) is 2.62. The van der Waals surface area contributed by atoms with Crippen LogP contribution in [0.15, 0.2) is 72.8 Å². The summed E-state index contributed by atoms with van der Waals surface area (Å²) in [6, 6.07) is 22.0. The molecule has 0 spiro atoms. The first-order valence-electron chi connectivity index (χ1n) is 8.16. The van der Waals surface area contributed by atoms with Crippen LogP contribution in [0.5, 0.6) is 0 Å². The summed E-state index contributed by atoms with van der Waals surface area (Å²) in [4.78, 5) is 23.9. The van der Waals surface area contributed by atoms with Gasteiger partial charge in [-0.25, -0.2) is 4.79 Å². The summed E-state index contributed by atoms with van der Waals surface area (Å²) in [6.07, 6.45) is 0.414. The second kappa shape index (κ2) is 7.62. The van der Waals surface area contributed by atoms with E-state index in [1.807, 2.05) is 72.8 Å². The van der Waals surface area contributed by atoms with Gasteiger partial charge in [0.1, 0.15) is 6.04 Å². The highest BCUT2D eigenvalue weighted by Gasteiger charge is 2.20. The first-order chi connectivity index (χ1) is 12.1. The van der Waals surface area contributed by atoms with Gasteiger partial charge in [0.2, 0.25) is 5.91 Å². The van der Waals surface area contributed by atoms with Gasteiger partial charge in [-0.15, -0.1) is 0 Å². The van der Waals surface area contributed by atoms with Crippen molar-refractivity contribution in [3.8, 4) is 0 Å². The van der Waals surface area contributed by atoms with E-state index >= 15 is 0 Å². The Labute approximate surface area is 146 Å². The monoisotopic (exact) mass is 333 g/mol. The van der Waals surface area contributed by atoms with Gasteiger partial charge in [0.15, 0.2) is 0 Å². The Morgan fingerprint density at radius 1 is 0.880 bits per heavy atom. The van der Waals surface area contributed by atoms with Crippen molar-refractivity contribution in [2.45, 2.75) is 18.9 Å². The zero-order valence-electron chi connectivity index (χ0n) is 13.7. The molecule has 0 heterocycles. The molecule has 0 aliphatic heterocycles. The molecule has 25 heavy (non-hydrogen) atoms. The van der Waals surface area contributed by atoms with Crippen molar-refractivity contribution in [3.05, 3.63) is 83.9 Å². The number of rotatable bonds is 6. The van der Waals surface area contributed by atoms with Crippen molar-refractivity contribution in [2.24, 2.45) is 0 Å². The van der Waals surface area contributed by atoms with Gasteiger partial charge in [-0.1, -0.05) is 72.8 Å². The van der Waals surface area contributed by atoms with E-state index in [9.17, 15) is 14.7 Å². The zero-order chi connectivity index (χ0) is 17.6. The smallest absolute Gasteiger partial charge is 0.326 e. The molecule has 1 unspecified atom stereocenters. The summed E-state index contributed by atoms with van der Waals surface area (Å²) in [7, 11) is 0. The maximum Gasteiger partial charge on any atom is 0.326 e. The molecule has 3 rings (SSSR count). The summed E-state index contributed by atoms with van der Waals surface area (Å²) in [6.45, 7) is 0. The molecule has 0 radical (unpaired) electrons. The summed E-state index contributed by atoms with van der Waals surface area (Å²) in [5, 5.41) is 14.1. The summed E-state index contributed by atoms with van der Waals surface area (Å²) in [5.41, 5.74) is 1.76. The van der Waals surface area contributed by atoms with E-state index < -0.39 is 12.0 Å². The Kier molecular flexibility index (Phi) is 5.09. The number of aliphatic carboxylic acids is 1. The van der Waals surface area contributed by atoms with Crippen molar-refractivity contribution < 1.29 is 14.7 Å². The number of nitrogens with one attached hydrogen (secondary N) is 1. The van der Waals surface area contributed by atoms with Crippen LogP contribution in [0.1, 0.15) is 11.1 Å². The van der Waals surface area contributed by atoms with Gasteiger partial charge in [-0.05, 0) is 21.9 Å². The summed E-state index contributed by atoms with van der Waals surface area (Å²) < 4.78 is 0. The van der Waals surface area contributed by atoms with Crippen LogP contribution in [-0.4, -0.2) is 23.0 Å². The van der Waals surface area contributed by atoms with Gasteiger partial charge in [0.05, 0.1) is 6.42 Å². The van der Waals surface area contributed by atoms with E-state index in [1.165, 1.54) is 0 Å². The number of amides is 1. The second-order valence-electron chi connectivity index (χ2n) is 5.96. The van der Waals surface area contributed by atoms with Gasteiger partial charge in [-0.3, -0.25) is 4.79 Å². The molecule has 126 valence electrons. The number of carbonyl (C=O) groups excluding carboxylic acids is 1. The quantitative estimate of drug-likeness (QED) is 0.728. The lowest BCUT2D eigenvalue weighted by atomic mass is 10.0. The zero-order valence-corrected chi connectivity index (χ0v) is 13.7. The van der Waals surface area contributed by atoms with Gasteiger partial charge >= 0.3 is 5.97 Å². The normalized spacial score (nSPS) is 11.8. The molecule has 0 bridgehead atoms. The fourth-order valence-corrected chi connectivity index (χ4v) is 2.91. The number of hydrogen-bond donors (Lipinski definition) is 2. The number of benzene rings is 3. The van der Waals surface area contributed by atoms with Crippen LogP contribution >= 0.6 is 0 Å². The van der Waals surface area contributed by atoms with Crippen LogP contribution in [-0.2, 0) is 22.4 Å². The van der Waals surface area contributed by atoms with Crippen LogP contribution in [0, 0.1) is 0 Å². The summed E-state index contributed by atoms with van der Waals surface area (Å²) >= 11 is 0. The lowest BCUT2D eigenvalue weighted by molar-refractivity contribution is -0.141. The molecule has 4 heteroatoms. The van der Waals surface area contributed by atoms with Gasteiger partial charge in [-0.2, -0.15) is 0 Å². The maximum atomic E-state index is 12.4. The third-order valence-corrected chi connectivity index (χ3v) is 4.15. The number of hydrogen-bond acceptors (Lipinski definition) is 2. The second-order valence-corrected chi connectivity index (χ2v) is 5.96. The molecule has 0 fully saturated rings. The molecular weight excluding hydrogens is 314 g/mol. The minimum Gasteiger partial charge on any atom is -0.480 e. The Morgan fingerprint density at radius 3 is 2.32 bits per heavy atom. The first-order valence-corrected chi connectivity index (χ1v) is 8.16. The highest BCUT2D eigenvalue weighted by atomic mass is 16.4. The molecule has 0 aliphatic carbocycles. The molecule has 0 aromatic heterocycles. The predicted octanol–water partition coefficient (Wildman–Crippen LogP) is 3.19. The topological polar surface area (TPSA) is 66.4 Å². The van der Waals surface area contributed by atoms with E-state index in [1.54, 1.807) is 0 Å². The van der Waals surface area contributed by atoms with Crippen molar-refractivity contribution in [1.82, 2.24) is 5.32 Å². The average molecular weight is 333 g/mol. The molecule has 2 N–H and O–H groups in total. The Balaban J connectivity index is 1.72. The molecule has 4 nitrogen and oxygen atoms in total. The molecule has 1 amide bonds. The van der Waals surface area contributed by atoms with Crippen LogP contribution in [0.2, 0.25) is 0 Å². The van der Waals surface area contributed by atoms with Crippen molar-refractivity contribution >= 4 is 22.6 Å². The van der Waals surface area contributed by atoms with Crippen molar-refractivity contribution in [2.75, 3.05) is 0 Å². The van der Waals surface area contributed by atoms with Crippen LogP contribution < -0.4 is 5.32 Å². The molecule has 0 saturated heterocycles. The Hall–Kier alpha value is -3.14. The standard InChI is InChI=1S/C21H19NO3/c23-20(14-17-11-6-10-16-9-4-5-12-18(16)17)22-19(21(24)25)13-15-7-2-1-3-8-15/h1-12,19H,13-14H2,(H,22,23)(H,24,25). The van der Waals surface area contributed by atoms with E-state index in [4.69, 9.17) is 0 Å². The Morgan fingerprint density at radius 2 is 1.56 bits per heavy atom. The lowest BCUT2D eigenvalue weighted by Gasteiger charge is -2.15. The SMILES string of the molecule is O=C(Cc1cccc2ccccc12)NC(Cc1ccccc1)C(=O)O.